The number of rotatable bonds is 7. The molecule has 1 saturated heterocycles. The van der Waals surface area contributed by atoms with E-state index in [1.165, 1.54) is 11.0 Å². The molecule has 1 unspecified atom stereocenters. The van der Waals surface area contributed by atoms with Gasteiger partial charge in [-0.05, 0) is 61.5 Å². The molecule has 2 amide bonds. The van der Waals surface area contributed by atoms with Gasteiger partial charge in [0.15, 0.2) is 5.11 Å². The molecular weight excluding hydrogens is 437 g/mol. The number of hydrogen-bond acceptors (Lipinski definition) is 3. The molecule has 168 valence electrons. The maximum absolute atomic E-state index is 14.2. The summed E-state index contributed by atoms with van der Waals surface area (Å²) in [6, 6.07) is 22.3. The zero-order chi connectivity index (χ0) is 23.4. The average Bonchev–Trinajstić information content (AvgIpc) is 3.04. The highest BCUT2D eigenvalue weighted by Gasteiger charge is 2.43. The Hall–Kier alpha value is -3.58. The molecule has 7 heteroatoms. The van der Waals surface area contributed by atoms with Gasteiger partial charge in [0.05, 0.1) is 12.1 Å². The average molecular weight is 462 g/mol. The van der Waals surface area contributed by atoms with Crippen LogP contribution in [0.15, 0.2) is 78.9 Å². The Bertz CT molecular complexity index is 1170. The van der Waals surface area contributed by atoms with Crippen LogP contribution in [-0.4, -0.2) is 34.4 Å². The van der Waals surface area contributed by atoms with Crippen LogP contribution in [0.1, 0.15) is 17.5 Å². The van der Waals surface area contributed by atoms with Crippen molar-refractivity contribution in [3.8, 4) is 0 Å². The summed E-state index contributed by atoms with van der Waals surface area (Å²) < 4.78 is 14.2. The van der Waals surface area contributed by atoms with Gasteiger partial charge in [0, 0.05) is 12.2 Å². The molecule has 3 aromatic carbocycles. The second-order valence-electron chi connectivity index (χ2n) is 7.96. The van der Waals surface area contributed by atoms with Crippen molar-refractivity contribution in [1.29, 1.82) is 0 Å². The summed E-state index contributed by atoms with van der Waals surface area (Å²) in [6.07, 6.45) is 0.298. The van der Waals surface area contributed by atoms with Crippen LogP contribution >= 0.6 is 12.2 Å². The summed E-state index contributed by atoms with van der Waals surface area (Å²) in [4.78, 5) is 29.4. The molecular formula is C26H24FN3O2S. The second-order valence-corrected chi connectivity index (χ2v) is 8.33. The molecule has 1 heterocycles. The summed E-state index contributed by atoms with van der Waals surface area (Å²) >= 11 is 5.65. The molecule has 1 atom stereocenters. The summed E-state index contributed by atoms with van der Waals surface area (Å²) in [7, 11) is 0. The van der Waals surface area contributed by atoms with E-state index in [2.05, 4.69) is 5.32 Å². The highest BCUT2D eigenvalue weighted by molar-refractivity contribution is 7.80. The van der Waals surface area contributed by atoms with E-state index >= 15 is 0 Å². The Balaban J connectivity index is 1.55. The minimum absolute atomic E-state index is 0.0620. The number of nitrogens with zero attached hydrogens (tertiary/aromatic N) is 2. The first-order valence-electron chi connectivity index (χ1n) is 10.7. The molecule has 3 aromatic rings. The maximum Gasteiger partial charge on any atom is 0.256 e. The lowest BCUT2D eigenvalue weighted by atomic mass is 10.1. The molecule has 1 fully saturated rings. The summed E-state index contributed by atoms with van der Waals surface area (Å²) in [5.74, 6) is -0.855. The van der Waals surface area contributed by atoms with Crippen molar-refractivity contribution < 1.29 is 14.0 Å². The molecule has 0 radical (unpaired) electrons. The Morgan fingerprint density at radius 3 is 2.36 bits per heavy atom. The van der Waals surface area contributed by atoms with E-state index in [1.54, 1.807) is 35.2 Å². The smallest absolute Gasteiger partial charge is 0.256 e. The third-order valence-corrected chi connectivity index (χ3v) is 6.04. The highest BCUT2D eigenvalue weighted by Crippen LogP contribution is 2.28. The molecule has 0 spiro atoms. The maximum atomic E-state index is 14.2. The van der Waals surface area contributed by atoms with E-state index in [1.807, 2.05) is 49.4 Å². The van der Waals surface area contributed by atoms with E-state index in [0.29, 0.717) is 35.0 Å². The van der Waals surface area contributed by atoms with Crippen LogP contribution in [0.4, 0.5) is 15.8 Å². The van der Waals surface area contributed by atoms with Crippen molar-refractivity contribution >= 4 is 40.5 Å². The number of para-hydroxylation sites is 1. The summed E-state index contributed by atoms with van der Waals surface area (Å²) in [5.41, 5.74) is 2.93. The number of halogens is 1. The largest absolute Gasteiger partial charge is 0.336 e. The minimum atomic E-state index is -0.769. The first kappa shape index (κ1) is 22.6. The van der Waals surface area contributed by atoms with Crippen LogP contribution in [0, 0.1) is 12.7 Å². The molecule has 0 aliphatic carbocycles. The van der Waals surface area contributed by atoms with Gasteiger partial charge in [-0.3, -0.25) is 14.5 Å². The van der Waals surface area contributed by atoms with Crippen molar-refractivity contribution in [3.05, 3.63) is 95.8 Å². The van der Waals surface area contributed by atoms with Crippen molar-refractivity contribution in [3.63, 3.8) is 0 Å². The summed E-state index contributed by atoms with van der Waals surface area (Å²) in [6.45, 7) is 2.28. The lowest BCUT2D eigenvalue weighted by Gasteiger charge is -2.24. The Kier molecular flexibility index (Phi) is 6.79. The minimum Gasteiger partial charge on any atom is -0.336 e. The number of nitrogens with one attached hydrogen (secondary N) is 1. The fourth-order valence-corrected chi connectivity index (χ4v) is 4.28. The number of aryl methyl sites for hydroxylation is 1. The fourth-order valence-electron chi connectivity index (χ4n) is 3.87. The lowest BCUT2D eigenvalue weighted by Crippen LogP contribution is -2.39. The van der Waals surface area contributed by atoms with E-state index in [-0.39, 0.29) is 24.1 Å². The van der Waals surface area contributed by atoms with Crippen LogP contribution in [0.2, 0.25) is 0 Å². The Labute approximate surface area is 197 Å². The first-order valence-corrected chi connectivity index (χ1v) is 11.1. The molecule has 4 rings (SSSR count). The van der Waals surface area contributed by atoms with Gasteiger partial charge in [0.2, 0.25) is 5.91 Å². The van der Waals surface area contributed by atoms with E-state index in [0.717, 1.165) is 5.56 Å². The van der Waals surface area contributed by atoms with Gasteiger partial charge in [-0.25, -0.2) is 4.39 Å². The molecule has 1 aliphatic rings. The zero-order valence-corrected chi connectivity index (χ0v) is 19.0. The van der Waals surface area contributed by atoms with Crippen molar-refractivity contribution in [2.75, 3.05) is 16.8 Å². The lowest BCUT2D eigenvalue weighted by molar-refractivity contribution is -0.124. The fraction of sp³-hybridized carbons (Fsp3) is 0.192. The number of anilines is 2. The number of thiocarbonyl (C=S) groups is 1. The highest BCUT2D eigenvalue weighted by atomic mass is 32.1. The molecule has 33 heavy (non-hydrogen) atoms. The third-order valence-electron chi connectivity index (χ3n) is 5.63. The standard InChI is InChI=1S/C26H24FN3O2S/c1-18-11-13-20(14-12-18)28-24(31)17-23-25(32)30(21-8-3-2-4-9-21)26(33)29(23)16-15-19-7-5-6-10-22(19)27/h2-14,23H,15-17H2,1H3,(H,28,31). The van der Waals surface area contributed by atoms with Crippen molar-refractivity contribution in [1.82, 2.24) is 4.90 Å². The normalized spacial score (nSPS) is 15.8. The van der Waals surface area contributed by atoms with Gasteiger partial charge in [-0.2, -0.15) is 0 Å². The van der Waals surface area contributed by atoms with Crippen LogP contribution in [0.25, 0.3) is 0 Å². The van der Waals surface area contributed by atoms with Crippen molar-refractivity contribution in [2.24, 2.45) is 0 Å². The first-order chi connectivity index (χ1) is 15.9. The van der Waals surface area contributed by atoms with Crippen LogP contribution < -0.4 is 10.2 Å². The van der Waals surface area contributed by atoms with E-state index in [9.17, 15) is 14.0 Å². The molecule has 0 bridgehead atoms. The number of carbonyl (C=O) groups excluding carboxylic acids is 2. The Morgan fingerprint density at radius 2 is 1.67 bits per heavy atom. The van der Waals surface area contributed by atoms with Gasteiger partial charge in [-0.15, -0.1) is 0 Å². The van der Waals surface area contributed by atoms with Crippen LogP contribution in [-0.2, 0) is 16.0 Å². The topological polar surface area (TPSA) is 52.7 Å². The summed E-state index contributed by atoms with van der Waals surface area (Å²) in [5, 5.41) is 3.17. The number of amides is 2. The molecule has 5 nitrogen and oxygen atoms in total. The van der Waals surface area contributed by atoms with Gasteiger partial charge in [-0.1, -0.05) is 54.1 Å². The van der Waals surface area contributed by atoms with Crippen molar-refractivity contribution in [2.45, 2.75) is 25.8 Å². The second kappa shape index (κ2) is 9.92. The molecule has 1 aliphatic heterocycles. The third kappa shape index (κ3) is 5.09. The van der Waals surface area contributed by atoms with Crippen LogP contribution in [0.5, 0.6) is 0 Å². The molecule has 0 saturated carbocycles. The van der Waals surface area contributed by atoms with Gasteiger partial charge >= 0.3 is 0 Å². The van der Waals surface area contributed by atoms with Crippen LogP contribution in [0.3, 0.4) is 0 Å². The van der Waals surface area contributed by atoms with E-state index < -0.39 is 6.04 Å². The molecule has 1 N–H and O–H groups in total. The predicted molar refractivity (Wildman–Crippen MR) is 132 cm³/mol. The van der Waals surface area contributed by atoms with Gasteiger partial charge < -0.3 is 10.2 Å². The monoisotopic (exact) mass is 461 g/mol. The number of carbonyl (C=O) groups is 2. The quantitative estimate of drug-likeness (QED) is 0.518. The number of benzene rings is 3. The SMILES string of the molecule is Cc1ccc(NC(=O)CC2C(=O)N(c3ccccc3)C(=S)N2CCc2ccccc2F)cc1. The predicted octanol–water partition coefficient (Wildman–Crippen LogP) is 4.71. The number of hydrogen-bond donors (Lipinski definition) is 1. The van der Waals surface area contributed by atoms with Gasteiger partial charge in [0.1, 0.15) is 11.9 Å². The Morgan fingerprint density at radius 1 is 1.00 bits per heavy atom. The van der Waals surface area contributed by atoms with E-state index in [4.69, 9.17) is 12.2 Å². The molecule has 0 aromatic heterocycles. The zero-order valence-electron chi connectivity index (χ0n) is 18.2. The van der Waals surface area contributed by atoms with Gasteiger partial charge in [0.25, 0.3) is 5.91 Å².